The molecule has 0 bridgehead atoms. The summed E-state index contributed by atoms with van der Waals surface area (Å²) in [5.74, 6) is 2.49. The minimum absolute atomic E-state index is 0.564. The zero-order valence-electron chi connectivity index (χ0n) is 15.5. The van der Waals surface area contributed by atoms with E-state index in [1.54, 1.807) is 21.3 Å². The number of hydrogen-bond acceptors (Lipinski definition) is 3. The molecule has 2 aromatic carbocycles. The number of halogens is 6. The third kappa shape index (κ3) is 7.30. The van der Waals surface area contributed by atoms with Crippen molar-refractivity contribution in [2.24, 2.45) is 0 Å². The predicted molar refractivity (Wildman–Crippen MR) is 99.3 cm³/mol. The molecule has 0 saturated heterocycles. The zero-order valence-corrected chi connectivity index (χ0v) is 16.4. The minimum atomic E-state index is -10.7. The van der Waals surface area contributed by atoms with Gasteiger partial charge >= 0.3 is 44.3 Å². The van der Waals surface area contributed by atoms with Crippen LogP contribution in [0.5, 0.6) is 17.2 Å². The standard InChI is InChI=1S/C18H17O4.F6P/c1-19-16-10-13(11-17(20-2)18(16)21-3)15-9-8-12-6-4-5-7-14(12)22-15;1-7(2,3,4,5)6/h4-11H,1-3H3;/q+1;-1. The summed E-state index contributed by atoms with van der Waals surface area (Å²) in [6.07, 6.45) is 0. The SMILES string of the molecule is COc1cc(-c2ccc3ccccc3[o+]2)cc(OC)c1OC.F[P-](F)(F)(F)(F)F. The van der Waals surface area contributed by atoms with E-state index in [-0.39, 0.29) is 0 Å². The summed E-state index contributed by atoms with van der Waals surface area (Å²) in [6, 6.07) is 15.6. The first-order valence-electron chi connectivity index (χ1n) is 7.90. The van der Waals surface area contributed by atoms with Crippen LogP contribution in [-0.4, -0.2) is 21.3 Å². The molecule has 0 aliphatic heterocycles. The summed E-state index contributed by atoms with van der Waals surface area (Å²) in [7, 11) is -5.88. The summed E-state index contributed by atoms with van der Waals surface area (Å²) < 4.78 is 81.3. The number of hydrogen-bond donors (Lipinski definition) is 0. The molecule has 4 nitrogen and oxygen atoms in total. The summed E-state index contributed by atoms with van der Waals surface area (Å²) in [6.45, 7) is 0. The molecular weight excluding hydrogens is 425 g/mol. The molecule has 0 N–H and O–H groups in total. The monoisotopic (exact) mass is 442 g/mol. The molecule has 3 aromatic rings. The van der Waals surface area contributed by atoms with E-state index in [1.165, 1.54) is 0 Å². The van der Waals surface area contributed by atoms with Crippen molar-refractivity contribution in [1.29, 1.82) is 0 Å². The Bertz CT molecular complexity index is 986. The van der Waals surface area contributed by atoms with Crippen LogP contribution in [0.25, 0.3) is 22.3 Å². The molecule has 0 radical (unpaired) electrons. The fourth-order valence-corrected chi connectivity index (χ4v) is 2.41. The molecule has 11 heteroatoms. The molecular formula is C18H17F6O4P. The van der Waals surface area contributed by atoms with Crippen LogP contribution in [0, 0.1) is 0 Å². The molecule has 0 fully saturated rings. The van der Waals surface area contributed by atoms with Gasteiger partial charge in [0.05, 0.1) is 32.3 Å². The Morgan fingerprint density at radius 2 is 1.24 bits per heavy atom. The molecule has 3 rings (SSSR count). The van der Waals surface area contributed by atoms with Gasteiger partial charge < -0.3 is 14.2 Å². The Balaban J connectivity index is 0.000000370. The average Bonchev–Trinajstić information content (AvgIpc) is 2.63. The average molecular weight is 442 g/mol. The van der Waals surface area contributed by atoms with Gasteiger partial charge in [-0.25, -0.2) is 4.42 Å². The Morgan fingerprint density at radius 3 is 1.72 bits per heavy atom. The molecule has 1 heterocycles. The van der Waals surface area contributed by atoms with Gasteiger partial charge in [0, 0.05) is 24.3 Å². The first kappa shape index (κ1) is 22.5. The van der Waals surface area contributed by atoms with Gasteiger partial charge in [-0.3, -0.25) is 0 Å². The topological polar surface area (TPSA) is 39.0 Å². The Morgan fingerprint density at radius 1 is 0.724 bits per heavy atom. The van der Waals surface area contributed by atoms with Crippen LogP contribution in [0.3, 0.4) is 0 Å². The molecule has 0 unspecified atom stereocenters. The van der Waals surface area contributed by atoms with Crippen molar-refractivity contribution in [2.75, 3.05) is 21.3 Å². The van der Waals surface area contributed by atoms with Gasteiger partial charge in [-0.05, 0) is 12.1 Å². The van der Waals surface area contributed by atoms with Crippen molar-refractivity contribution in [3.63, 3.8) is 0 Å². The van der Waals surface area contributed by atoms with Crippen molar-refractivity contribution in [3.8, 4) is 28.6 Å². The molecule has 0 amide bonds. The van der Waals surface area contributed by atoms with Gasteiger partial charge in [-0.2, -0.15) is 0 Å². The Hall–Kier alpha value is -2.74. The number of benzene rings is 2. The van der Waals surface area contributed by atoms with Gasteiger partial charge in [0.25, 0.3) is 0 Å². The third-order valence-electron chi connectivity index (χ3n) is 3.50. The van der Waals surface area contributed by atoms with Crippen molar-refractivity contribution in [1.82, 2.24) is 0 Å². The van der Waals surface area contributed by atoms with Crippen molar-refractivity contribution in [2.45, 2.75) is 0 Å². The van der Waals surface area contributed by atoms with Gasteiger partial charge in [0.1, 0.15) is 0 Å². The third-order valence-corrected chi connectivity index (χ3v) is 3.50. The van der Waals surface area contributed by atoms with Crippen molar-refractivity contribution in [3.05, 3.63) is 48.5 Å². The molecule has 0 aliphatic carbocycles. The summed E-state index contributed by atoms with van der Waals surface area (Å²) in [5.41, 5.74) is 1.69. The molecule has 160 valence electrons. The molecule has 0 saturated carbocycles. The predicted octanol–water partition coefficient (Wildman–Crippen LogP) is 7.79. The maximum absolute atomic E-state index is 10.7. The Kier molecular flexibility index (Phi) is 5.64. The zero-order chi connectivity index (χ0) is 21.9. The van der Waals surface area contributed by atoms with E-state index in [0.717, 1.165) is 22.3 Å². The van der Waals surface area contributed by atoms with E-state index < -0.39 is 7.81 Å². The number of methoxy groups -OCH3 is 3. The van der Waals surface area contributed by atoms with Gasteiger partial charge in [0.15, 0.2) is 11.5 Å². The molecule has 29 heavy (non-hydrogen) atoms. The molecule has 1 aromatic heterocycles. The molecule has 0 aliphatic rings. The van der Waals surface area contributed by atoms with E-state index in [1.807, 2.05) is 48.5 Å². The first-order valence-corrected chi connectivity index (χ1v) is 9.93. The van der Waals surface area contributed by atoms with Crippen LogP contribution in [0.2, 0.25) is 0 Å². The van der Waals surface area contributed by atoms with Crippen LogP contribution in [0.1, 0.15) is 0 Å². The summed E-state index contributed by atoms with van der Waals surface area (Å²) >= 11 is 0. The van der Waals surface area contributed by atoms with Crippen LogP contribution in [-0.2, 0) is 0 Å². The quantitative estimate of drug-likeness (QED) is 0.235. The number of rotatable bonds is 4. The fourth-order valence-electron chi connectivity index (χ4n) is 2.41. The van der Waals surface area contributed by atoms with E-state index in [9.17, 15) is 25.2 Å². The molecule has 0 atom stereocenters. The van der Waals surface area contributed by atoms with E-state index in [0.29, 0.717) is 17.2 Å². The number of fused-ring (bicyclic) bond motifs is 1. The fraction of sp³-hybridized carbons (Fsp3) is 0.167. The number of ether oxygens (including phenoxy) is 3. The molecule has 0 spiro atoms. The second kappa shape index (κ2) is 7.26. The second-order valence-electron chi connectivity index (χ2n) is 5.71. The van der Waals surface area contributed by atoms with Gasteiger partial charge in [0.2, 0.25) is 5.75 Å². The number of para-hydroxylation sites is 1. The van der Waals surface area contributed by atoms with E-state index in [2.05, 4.69) is 0 Å². The normalized spacial score (nSPS) is 13.6. The van der Waals surface area contributed by atoms with Crippen molar-refractivity contribution >= 4 is 18.8 Å². The van der Waals surface area contributed by atoms with E-state index >= 15 is 0 Å². The van der Waals surface area contributed by atoms with Crippen molar-refractivity contribution < 1.29 is 43.8 Å². The van der Waals surface area contributed by atoms with Crippen LogP contribution in [0.15, 0.2) is 52.9 Å². The summed E-state index contributed by atoms with van der Waals surface area (Å²) in [5, 5.41) is 1.05. The van der Waals surface area contributed by atoms with Gasteiger partial charge in [-0.1, -0.05) is 12.1 Å². The Labute approximate surface area is 161 Å². The van der Waals surface area contributed by atoms with Crippen LogP contribution in [0.4, 0.5) is 25.2 Å². The van der Waals surface area contributed by atoms with E-state index in [4.69, 9.17) is 18.6 Å². The maximum atomic E-state index is 9.87. The van der Waals surface area contributed by atoms with Crippen LogP contribution >= 0.6 is 7.81 Å². The summed E-state index contributed by atoms with van der Waals surface area (Å²) in [4.78, 5) is 0. The first-order chi connectivity index (χ1) is 13.2. The van der Waals surface area contributed by atoms with Crippen LogP contribution < -0.4 is 14.2 Å². The second-order valence-corrected chi connectivity index (χ2v) is 7.63. The van der Waals surface area contributed by atoms with Gasteiger partial charge in [-0.15, -0.1) is 0 Å².